The number of thioether (sulfide) groups is 1. The lowest BCUT2D eigenvalue weighted by atomic mass is 10.2. The molecule has 1 heterocycles. The van der Waals surface area contributed by atoms with E-state index in [4.69, 9.17) is 0 Å². The molecule has 0 amide bonds. The van der Waals surface area contributed by atoms with Crippen molar-refractivity contribution in [1.29, 1.82) is 0 Å². The Labute approximate surface area is 125 Å². The van der Waals surface area contributed by atoms with Crippen LogP contribution in [-0.4, -0.2) is 21.8 Å². The lowest BCUT2D eigenvalue weighted by Gasteiger charge is -2.08. The van der Waals surface area contributed by atoms with Gasteiger partial charge in [0.05, 0.1) is 0 Å². The lowest BCUT2D eigenvalue weighted by molar-refractivity contribution is -0.0328. The van der Waals surface area contributed by atoms with E-state index in [1.165, 1.54) is 12.1 Å². The molecule has 0 radical (unpaired) electrons. The van der Waals surface area contributed by atoms with E-state index in [1.54, 1.807) is 18.3 Å². The van der Waals surface area contributed by atoms with E-state index in [2.05, 4.69) is 10.4 Å². The number of nitrogens with one attached hydrogen (secondary N) is 1. The Morgan fingerprint density at radius 1 is 1.19 bits per heavy atom. The lowest BCUT2D eigenvalue weighted by Crippen LogP contribution is -2.17. The van der Waals surface area contributed by atoms with Crippen molar-refractivity contribution < 1.29 is 13.2 Å². The third kappa shape index (κ3) is 5.43. The number of halogens is 3. The summed E-state index contributed by atoms with van der Waals surface area (Å²) in [5.74, 6) is 0. The zero-order valence-corrected chi connectivity index (χ0v) is 12.3. The summed E-state index contributed by atoms with van der Waals surface area (Å²) < 4.78 is 38.4. The molecule has 2 aromatic rings. The number of alkyl halides is 3. The monoisotopic (exact) mass is 315 g/mol. The maximum atomic E-state index is 12.2. The Bertz CT molecular complexity index is 564. The van der Waals surface area contributed by atoms with E-state index in [0.717, 1.165) is 24.2 Å². The first-order chi connectivity index (χ1) is 9.94. The van der Waals surface area contributed by atoms with Crippen LogP contribution in [0.25, 0.3) is 0 Å². The number of benzene rings is 1. The maximum Gasteiger partial charge on any atom is 0.446 e. The number of rotatable bonds is 6. The molecule has 2 rings (SSSR count). The summed E-state index contributed by atoms with van der Waals surface area (Å²) in [7, 11) is 1.90. The van der Waals surface area contributed by atoms with E-state index in [0.29, 0.717) is 6.54 Å². The minimum atomic E-state index is -4.23. The van der Waals surface area contributed by atoms with Crippen molar-refractivity contribution in [3.05, 3.63) is 47.8 Å². The zero-order chi connectivity index (χ0) is 15.3. The van der Waals surface area contributed by atoms with E-state index >= 15 is 0 Å². The van der Waals surface area contributed by atoms with Crippen molar-refractivity contribution >= 4 is 11.8 Å². The van der Waals surface area contributed by atoms with Crippen LogP contribution in [0.4, 0.5) is 13.2 Å². The fraction of sp³-hybridized carbons (Fsp3) is 0.357. The summed E-state index contributed by atoms with van der Waals surface area (Å²) in [6.07, 6.45) is 2.62. The van der Waals surface area contributed by atoms with Crippen molar-refractivity contribution in [3.63, 3.8) is 0 Å². The molecule has 0 aliphatic heterocycles. The SMILES string of the molecule is Cn1nccc1CCNCc1ccc(SC(F)(F)F)cc1. The van der Waals surface area contributed by atoms with Gasteiger partial charge in [-0.05, 0) is 35.5 Å². The Morgan fingerprint density at radius 3 is 2.48 bits per heavy atom. The first kappa shape index (κ1) is 15.9. The number of hydrogen-bond acceptors (Lipinski definition) is 3. The average Bonchev–Trinajstić information content (AvgIpc) is 2.80. The van der Waals surface area contributed by atoms with Crippen LogP contribution < -0.4 is 5.32 Å². The van der Waals surface area contributed by atoms with Crippen molar-refractivity contribution in [2.45, 2.75) is 23.4 Å². The first-order valence-electron chi connectivity index (χ1n) is 6.46. The van der Waals surface area contributed by atoms with Gasteiger partial charge in [0.2, 0.25) is 0 Å². The second-order valence-electron chi connectivity index (χ2n) is 4.56. The molecule has 0 aliphatic rings. The van der Waals surface area contributed by atoms with Crippen molar-refractivity contribution in [2.24, 2.45) is 7.05 Å². The number of aryl methyl sites for hydroxylation is 1. The molecule has 3 nitrogen and oxygen atoms in total. The zero-order valence-electron chi connectivity index (χ0n) is 11.5. The van der Waals surface area contributed by atoms with Crippen LogP contribution in [0, 0.1) is 0 Å². The average molecular weight is 315 g/mol. The quantitative estimate of drug-likeness (QED) is 0.655. The Kier molecular flexibility index (Phi) is 5.30. The van der Waals surface area contributed by atoms with Crippen LogP contribution in [0.3, 0.4) is 0 Å². The predicted octanol–water partition coefficient (Wildman–Crippen LogP) is 3.36. The van der Waals surface area contributed by atoms with Gasteiger partial charge in [-0.3, -0.25) is 4.68 Å². The standard InChI is InChI=1S/C14H16F3N3S/c1-20-12(7-9-19-20)6-8-18-10-11-2-4-13(5-3-11)21-14(15,16)17/h2-5,7,9,18H,6,8,10H2,1H3. The molecule has 0 unspecified atom stereocenters. The second kappa shape index (κ2) is 7.00. The summed E-state index contributed by atoms with van der Waals surface area (Å²) in [5, 5.41) is 7.35. The molecular formula is C14H16F3N3S. The molecule has 0 aliphatic carbocycles. The maximum absolute atomic E-state index is 12.2. The number of hydrogen-bond donors (Lipinski definition) is 1. The minimum absolute atomic E-state index is 0.0925. The molecule has 0 saturated carbocycles. The predicted molar refractivity (Wildman–Crippen MR) is 77.0 cm³/mol. The van der Waals surface area contributed by atoms with Gasteiger partial charge in [0.25, 0.3) is 0 Å². The van der Waals surface area contributed by atoms with Gasteiger partial charge in [0, 0.05) is 43.3 Å². The highest BCUT2D eigenvalue weighted by Crippen LogP contribution is 2.36. The van der Waals surface area contributed by atoms with Gasteiger partial charge in [0.1, 0.15) is 0 Å². The highest BCUT2D eigenvalue weighted by atomic mass is 32.2. The van der Waals surface area contributed by atoms with Crippen LogP contribution in [0.15, 0.2) is 41.4 Å². The van der Waals surface area contributed by atoms with Crippen LogP contribution in [0.2, 0.25) is 0 Å². The molecule has 0 fully saturated rings. The van der Waals surface area contributed by atoms with Crippen LogP contribution >= 0.6 is 11.8 Å². The van der Waals surface area contributed by atoms with Gasteiger partial charge in [-0.15, -0.1) is 0 Å². The molecule has 1 aromatic carbocycles. The van der Waals surface area contributed by atoms with Crippen molar-refractivity contribution in [3.8, 4) is 0 Å². The Balaban J connectivity index is 1.75. The molecular weight excluding hydrogens is 299 g/mol. The highest BCUT2D eigenvalue weighted by Gasteiger charge is 2.28. The fourth-order valence-electron chi connectivity index (χ4n) is 1.90. The fourth-order valence-corrected chi connectivity index (χ4v) is 2.44. The molecule has 114 valence electrons. The molecule has 0 spiro atoms. The Hall–Kier alpha value is -1.47. The molecule has 7 heteroatoms. The molecule has 0 bridgehead atoms. The number of aromatic nitrogens is 2. The smallest absolute Gasteiger partial charge is 0.312 e. The Morgan fingerprint density at radius 2 is 1.90 bits per heavy atom. The molecule has 1 aromatic heterocycles. The second-order valence-corrected chi connectivity index (χ2v) is 5.70. The number of nitrogens with zero attached hydrogens (tertiary/aromatic N) is 2. The first-order valence-corrected chi connectivity index (χ1v) is 7.28. The van der Waals surface area contributed by atoms with Crippen LogP contribution in [0.1, 0.15) is 11.3 Å². The molecule has 1 N–H and O–H groups in total. The normalized spacial score (nSPS) is 11.8. The van der Waals surface area contributed by atoms with Crippen molar-refractivity contribution in [1.82, 2.24) is 15.1 Å². The molecule has 0 saturated heterocycles. The summed E-state index contributed by atoms with van der Waals surface area (Å²) in [6.45, 7) is 1.42. The summed E-state index contributed by atoms with van der Waals surface area (Å²) >= 11 is -0.0925. The molecule has 21 heavy (non-hydrogen) atoms. The summed E-state index contributed by atoms with van der Waals surface area (Å²) in [6, 6.07) is 8.38. The summed E-state index contributed by atoms with van der Waals surface area (Å²) in [5.41, 5.74) is -2.13. The van der Waals surface area contributed by atoms with Gasteiger partial charge < -0.3 is 5.32 Å². The van der Waals surface area contributed by atoms with Gasteiger partial charge in [-0.2, -0.15) is 18.3 Å². The van der Waals surface area contributed by atoms with E-state index < -0.39 is 5.51 Å². The van der Waals surface area contributed by atoms with E-state index in [9.17, 15) is 13.2 Å². The third-order valence-corrected chi connectivity index (χ3v) is 3.71. The topological polar surface area (TPSA) is 29.9 Å². The van der Waals surface area contributed by atoms with Gasteiger partial charge in [-0.25, -0.2) is 0 Å². The summed E-state index contributed by atoms with van der Waals surface area (Å²) in [4.78, 5) is 0.209. The largest absolute Gasteiger partial charge is 0.446 e. The van der Waals surface area contributed by atoms with Gasteiger partial charge >= 0.3 is 5.51 Å². The van der Waals surface area contributed by atoms with Crippen LogP contribution in [-0.2, 0) is 20.0 Å². The van der Waals surface area contributed by atoms with Gasteiger partial charge in [-0.1, -0.05) is 12.1 Å². The third-order valence-electron chi connectivity index (χ3n) is 2.97. The van der Waals surface area contributed by atoms with Gasteiger partial charge in [0.15, 0.2) is 0 Å². The minimum Gasteiger partial charge on any atom is -0.312 e. The highest BCUT2D eigenvalue weighted by molar-refractivity contribution is 8.00. The van der Waals surface area contributed by atoms with Crippen LogP contribution in [0.5, 0.6) is 0 Å². The van der Waals surface area contributed by atoms with Crippen molar-refractivity contribution in [2.75, 3.05) is 6.54 Å². The molecule has 0 atom stereocenters. The van der Waals surface area contributed by atoms with E-state index in [-0.39, 0.29) is 16.7 Å². The van der Waals surface area contributed by atoms with E-state index in [1.807, 2.05) is 17.8 Å².